The lowest BCUT2D eigenvalue weighted by atomic mass is 9.80. The van der Waals surface area contributed by atoms with Gasteiger partial charge in [0.15, 0.2) is 0 Å². The summed E-state index contributed by atoms with van der Waals surface area (Å²) in [6, 6.07) is 16.4. The van der Waals surface area contributed by atoms with E-state index in [9.17, 15) is 4.79 Å². The maximum atomic E-state index is 12.8. The molecule has 0 unspecified atom stereocenters. The highest BCUT2D eigenvalue weighted by atomic mass is 16.2. The smallest absolute Gasteiger partial charge is 0.259 e. The zero-order valence-electron chi connectivity index (χ0n) is 12.2. The SMILES string of the molecule is C/C=C1/c2ccccc2N2C(=O)c3ccccc3[C@H]2[C@H]1C. The van der Waals surface area contributed by atoms with Crippen molar-refractivity contribution in [1.82, 2.24) is 0 Å². The standard InChI is InChI=1S/C19H17NO/c1-3-13-12(2)18-15-9-4-5-10-16(15)19(21)20(18)17-11-7-6-8-14(13)17/h3-12,18H,1-2H3/b13-3+/t12-,18+/m0/s1. The van der Waals surface area contributed by atoms with Crippen LogP contribution in [0.4, 0.5) is 5.69 Å². The van der Waals surface area contributed by atoms with Gasteiger partial charge in [0.05, 0.1) is 11.7 Å². The molecule has 2 aromatic carbocycles. The van der Waals surface area contributed by atoms with E-state index in [0.717, 1.165) is 16.8 Å². The van der Waals surface area contributed by atoms with Gasteiger partial charge in [-0.05, 0) is 30.2 Å². The van der Waals surface area contributed by atoms with Crippen LogP contribution in [0.3, 0.4) is 0 Å². The molecule has 2 nitrogen and oxygen atoms in total. The summed E-state index contributed by atoms with van der Waals surface area (Å²) in [5, 5.41) is 0. The van der Waals surface area contributed by atoms with Gasteiger partial charge >= 0.3 is 0 Å². The molecule has 0 saturated carbocycles. The molecule has 0 saturated heterocycles. The summed E-state index contributed by atoms with van der Waals surface area (Å²) >= 11 is 0. The topological polar surface area (TPSA) is 20.3 Å². The van der Waals surface area contributed by atoms with Crippen molar-refractivity contribution in [3.8, 4) is 0 Å². The van der Waals surface area contributed by atoms with Crippen LogP contribution >= 0.6 is 0 Å². The third kappa shape index (κ3) is 1.50. The Bertz CT molecular complexity index is 775. The maximum Gasteiger partial charge on any atom is 0.259 e. The molecular formula is C19H17NO. The molecule has 2 atom stereocenters. The number of carbonyl (C=O) groups is 1. The van der Waals surface area contributed by atoms with Gasteiger partial charge in [-0.25, -0.2) is 0 Å². The number of para-hydroxylation sites is 1. The molecule has 2 aromatic rings. The van der Waals surface area contributed by atoms with E-state index in [1.54, 1.807) is 0 Å². The predicted molar refractivity (Wildman–Crippen MR) is 85.2 cm³/mol. The first kappa shape index (κ1) is 12.4. The molecule has 0 spiro atoms. The first-order chi connectivity index (χ1) is 10.2. The van der Waals surface area contributed by atoms with Crippen molar-refractivity contribution in [3.63, 3.8) is 0 Å². The fourth-order valence-electron chi connectivity index (χ4n) is 3.86. The largest absolute Gasteiger partial charge is 0.300 e. The maximum absolute atomic E-state index is 12.8. The van der Waals surface area contributed by atoms with E-state index < -0.39 is 0 Å². The highest BCUT2D eigenvalue weighted by Crippen LogP contribution is 2.52. The van der Waals surface area contributed by atoms with E-state index >= 15 is 0 Å². The van der Waals surface area contributed by atoms with Gasteiger partial charge in [-0.3, -0.25) is 9.69 Å². The van der Waals surface area contributed by atoms with Gasteiger partial charge < -0.3 is 0 Å². The number of fused-ring (bicyclic) bond motifs is 5. The average molecular weight is 275 g/mol. The minimum absolute atomic E-state index is 0.120. The second-order valence-electron chi connectivity index (χ2n) is 5.76. The fraction of sp³-hybridized carbons (Fsp3) is 0.211. The van der Waals surface area contributed by atoms with Gasteiger partial charge in [-0.1, -0.05) is 49.4 Å². The first-order valence-electron chi connectivity index (χ1n) is 7.42. The highest BCUT2D eigenvalue weighted by Gasteiger charge is 2.45. The van der Waals surface area contributed by atoms with Crippen molar-refractivity contribution in [3.05, 3.63) is 71.3 Å². The summed E-state index contributed by atoms with van der Waals surface area (Å²) in [5.74, 6) is 0.433. The molecule has 0 bridgehead atoms. The van der Waals surface area contributed by atoms with E-state index in [2.05, 4.69) is 38.1 Å². The number of carbonyl (C=O) groups excluding carboxylic acids is 1. The Morgan fingerprint density at radius 1 is 1.00 bits per heavy atom. The molecule has 2 aliphatic rings. The third-order valence-corrected chi connectivity index (χ3v) is 4.76. The van der Waals surface area contributed by atoms with Crippen LogP contribution in [0.25, 0.3) is 5.57 Å². The number of hydrogen-bond donors (Lipinski definition) is 0. The van der Waals surface area contributed by atoms with Crippen LogP contribution in [-0.4, -0.2) is 5.91 Å². The van der Waals surface area contributed by atoms with Gasteiger partial charge in [-0.15, -0.1) is 0 Å². The monoisotopic (exact) mass is 275 g/mol. The number of allylic oxidation sites excluding steroid dienone is 1. The number of amides is 1. The average Bonchev–Trinajstić information content (AvgIpc) is 2.82. The van der Waals surface area contributed by atoms with Crippen molar-refractivity contribution in [2.45, 2.75) is 19.9 Å². The first-order valence-corrected chi connectivity index (χ1v) is 7.42. The van der Waals surface area contributed by atoms with Crippen LogP contribution in [0.2, 0.25) is 0 Å². The van der Waals surface area contributed by atoms with Crippen molar-refractivity contribution in [2.24, 2.45) is 5.92 Å². The third-order valence-electron chi connectivity index (χ3n) is 4.76. The van der Waals surface area contributed by atoms with Gasteiger partial charge in [0.25, 0.3) is 5.91 Å². The Hall–Kier alpha value is -2.35. The van der Waals surface area contributed by atoms with Crippen LogP contribution in [0.1, 0.15) is 41.4 Å². The molecule has 0 aromatic heterocycles. The Labute approximate surface area is 124 Å². The summed E-state index contributed by atoms with van der Waals surface area (Å²) in [6.45, 7) is 4.30. The zero-order valence-corrected chi connectivity index (χ0v) is 12.2. The van der Waals surface area contributed by atoms with Crippen LogP contribution < -0.4 is 4.90 Å². The molecule has 4 rings (SSSR count). The zero-order chi connectivity index (χ0) is 14.6. The molecule has 0 N–H and O–H groups in total. The van der Waals surface area contributed by atoms with Crippen LogP contribution in [-0.2, 0) is 0 Å². The van der Waals surface area contributed by atoms with Crippen molar-refractivity contribution in [1.29, 1.82) is 0 Å². The van der Waals surface area contributed by atoms with Crippen molar-refractivity contribution in [2.75, 3.05) is 4.90 Å². The molecule has 0 aliphatic carbocycles. The van der Waals surface area contributed by atoms with E-state index in [4.69, 9.17) is 0 Å². The molecule has 2 heteroatoms. The minimum atomic E-state index is 0.120. The van der Waals surface area contributed by atoms with Crippen LogP contribution in [0.15, 0.2) is 54.6 Å². The summed E-state index contributed by atoms with van der Waals surface area (Å²) in [6.07, 6.45) is 2.19. The van der Waals surface area contributed by atoms with Gasteiger partial charge in [0.1, 0.15) is 0 Å². The Balaban J connectivity index is 2.02. The lowest BCUT2D eigenvalue weighted by Crippen LogP contribution is -2.36. The number of rotatable bonds is 0. The van der Waals surface area contributed by atoms with E-state index in [0.29, 0.717) is 5.92 Å². The minimum Gasteiger partial charge on any atom is -0.300 e. The van der Waals surface area contributed by atoms with E-state index in [1.807, 2.05) is 35.2 Å². The lowest BCUT2D eigenvalue weighted by Gasteiger charge is -2.38. The molecule has 0 radical (unpaired) electrons. The Kier molecular flexibility index (Phi) is 2.55. The number of nitrogens with zero attached hydrogens (tertiary/aromatic N) is 1. The van der Waals surface area contributed by atoms with E-state index in [-0.39, 0.29) is 11.9 Å². The van der Waals surface area contributed by atoms with Crippen molar-refractivity contribution < 1.29 is 4.79 Å². The molecular weight excluding hydrogens is 258 g/mol. The summed E-state index contributed by atoms with van der Waals surface area (Å²) in [7, 11) is 0. The van der Waals surface area contributed by atoms with Gasteiger partial charge in [0, 0.05) is 17.0 Å². The Morgan fingerprint density at radius 2 is 1.67 bits per heavy atom. The van der Waals surface area contributed by atoms with Gasteiger partial charge in [-0.2, -0.15) is 0 Å². The van der Waals surface area contributed by atoms with E-state index in [1.165, 1.54) is 11.1 Å². The predicted octanol–water partition coefficient (Wildman–Crippen LogP) is 4.44. The summed E-state index contributed by atoms with van der Waals surface area (Å²) in [5.41, 5.74) is 5.56. The Morgan fingerprint density at radius 3 is 2.43 bits per heavy atom. The number of benzene rings is 2. The molecule has 2 heterocycles. The number of anilines is 1. The molecule has 1 amide bonds. The van der Waals surface area contributed by atoms with Crippen molar-refractivity contribution >= 4 is 17.2 Å². The second-order valence-corrected chi connectivity index (χ2v) is 5.76. The normalized spacial score (nSPS) is 24.8. The molecule has 104 valence electrons. The highest BCUT2D eigenvalue weighted by molar-refractivity contribution is 6.13. The summed E-state index contributed by atoms with van der Waals surface area (Å²) in [4.78, 5) is 14.8. The summed E-state index contributed by atoms with van der Waals surface area (Å²) < 4.78 is 0. The molecule has 2 aliphatic heterocycles. The van der Waals surface area contributed by atoms with Crippen LogP contribution in [0.5, 0.6) is 0 Å². The second kappa shape index (κ2) is 4.32. The van der Waals surface area contributed by atoms with Crippen LogP contribution in [0, 0.1) is 5.92 Å². The molecule has 21 heavy (non-hydrogen) atoms. The lowest BCUT2D eigenvalue weighted by molar-refractivity contribution is 0.0987. The number of hydrogen-bond acceptors (Lipinski definition) is 1. The van der Waals surface area contributed by atoms with Gasteiger partial charge in [0.2, 0.25) is 0 Å². The quantitative estimate of drug-likeness (QED) is 0.696. The molecule has 0 fully saturated rings. The fourth-order valence-corrected chi connectivity index (χ4v) is 3.86.